The number of nitrogens with zero attached hydrogens (tertiary/aromatic N) is 1. The number of hydrogen-bond acceptors (Lipinski definition) is 6. The van der Waals surface area contributed by atoms with Gasteiger partial charge in [-0.05, 0) is 62.7 Å². The lowest BCUT2D eigenvalue weighted by Crippen LogP contribution is -2.44. The normalized spacial score (nSPS) is 21.5. The molecule has 0 aromatic heterocycles. The van der Waals surface area contributed by atoms with Gasteiger partial charge in [0.1, 0.15) is 5.82 Å². The number of carbonyl (C=O) groups excluding carboxylic acids is 1. The molecule has 1 atom stereocenters. The second-order valence-electron chi connectivity index (χ2n) is 8.47. The van der Waals surface area contributed by atoms with Gasteiger partial charge in [0.05, 0.1) is 22.1 Å². The lowest BCUT2D eigenvalue weighted by molar-refractivity contribution is -0.121. The minimum atomic E-state index is -4.04. The molecule has 1 unspecified atom stereocenters. The van der Waals surface area contributed by atoms with Crippen LogP contribution in [0, 0.1) is 11.7 Å². The van der Waals surface area contributed by atoms with E-state index in [0.717, 1.165) is 6.07 Å². The van der Waals surface area contributed by atoms with Crippen molar-refractivity contribution in [2.45, 2.75) is 30.2 Å². The highest BCUT2D eigenvalue weighted by Crippen LogP contribution is 2.26. The van der Waals surface area contributed by atoms with E-state index in [9.17, 15) is 26.0 Å². The molecule has 8 nitrogen and oxygen atoms in total. The Bertz CT molecular complexity index is 1240. The molecule has 178 valence electrons. The second kappa shape index (κ2) is 9.40. The van der Waals surface area contributed by atoms with Crippen molar-refractivity contribution in [2.24, 2.45) is 5.92 Å². The summed E-state index contributed by atoms with van der Waals surface area (Å²) >= 11 is 0. The summed E-state index contributed by atoms with van der Waals surface area (Å²) in [4.78, 5) is 14.8. The van der Waals surface area contributed by atoms with Crippen molar-refractivity contribution in [1.82, 2.24) is 4.90 Å². The van der Waals surface area contributed by atoms with E-state index in [1.54, 1.807) is 6.07 Å². The molecule has 0 radical (unpaired) electrons. The van der Waals surface area contributed by atoms with E-state index in [1.807, 2.05) is 0 Å². The molecule has 0 bridgehead atoms. The third-order valence-corrected chi connectivity index (χ3v) is 9.27. The van der Waals surface area contributed by atoms with Crippen LogP contribution in [0.5, 0.6) is 0 Å². The molecule has 1 amide bonds. The lowest BCUT2D eigenvalue weighted by atomic mass is 9.94. The average molecular weight is 496 g/mol. The van der Waals surface area contributed by atoms with Crippen molar-refractivity contribution in [1.29, 1.82) is 0 Å². The highest BCUT2D eigenvalue weighted by atomic mass is 32.2. The molecular weight excluding hydrogens is 469 g/mol. The molecule has 2 aromatic rings. The number of hydrogen-bond donors (Lipinski definition) is 2. The molecule has 33 heavy (non-hydrogen) atoms. The number of sulfone groups is 1. The fourth-order valence-corrected chi connectivity index (χ4v) is 7.20. The van der Waals surface area contributed by atoms with Crippen molar-refractivity contribution >= 4 is 37.1 Å². The summed E-state index contributed by atoms with van der Waals surface area (Å²) in [7, 11) is -6.99. The number of nitrogens with one attached hydrogen (secondary N) is 2. The predicted molar refractivity (Wildman–Crippen MR) is 124 cm³/mol. The molecule has 2 aromatic carbocycles. The zero-order valence-electron chi connectivity index (χ0n) is 17.9. The number of sulfonamides is 1. The van der Waals surface area contributed by atoms with Crippen LogP contribution in [0.4, 0.5) is 15.8 Å². The van der Waals surface area contributed by atoms with Crippen LogP contribution in [-0.2, 0) is 24.7 Å². The molecule has 11 heteroatoms. The third kappa shape index (κ3) is 5.71. The van der Waals surface area contributed by atoms with Gasteiger partial charge >= 0.3 is 0 Å². The van der Waals surface area contributed by atoms with Crippen LogP contribution in [0.1, 0.15) is 19.3 Å². The number of anilines is 2. The van der Waals surface area contributed by atoms with Crippen LogP contribution in [0.2, 0.25) is 0 Å². The van der Waals surface area contributed by atoms with Crippen molar-refractivity contribution in [3.05, 3.63) is 54.3 Å². The van der Waals surface area contributed by atoms with E-state index in [1.165, 1.54) is 36.4 Å². The minimum Gasteiger partial charge on any atom is -0.326 e. The quantitative estimate of drug-likeness (QED) is 0.637. The molecule has 2 fully saturated rings. The summed E-state index contributed by atoms with van der Waals surface area (Å²) in [5.41, 5.74) is 0.175. The number of amides is 1. The summed E-state index contributed by atoms with van der Waals surface area (Å²) in [6, 6.07) is 11.3. The fourth-order valence-electron chi connectivity index (χ4n) is 4.32. The van der Waals surface area contributed by atoms with Crippen LogP contribution < -0.4 is 10.0 Å². The smallest absolute Gasteiger partial charge is 0.262 e. The first-order chi connectivity index (χ1) is 15.6. The molecule has 2 heterocycles. The van der Waals surface area contributed by atoms with E-state index < -0.39 is 25.7 Å². The van der Waals surface area contributed by atoms with E-state index >= 15 is 0 Å². The highest BCUT2D eigenvalue weighted by molar-refractivity contribution is 7.92. The Morgan fingerprint density at radius 3 is 2.42 bits per heavy atom. The zero-order chi connectivity index (χ0) is 23.6. The molecule has 2 aliphatic rings. The van der Waals surface area contributed by atoms with Crippen LogP contribution in [0.15, 0.2) is 53.4 Å². The average Bonchev–Trinajstić information content (AvgIpc) is 3.15. The van der Waals surface area contributed by atoms with Crippen molar-refractivity contribution in [2.75, 3.05) is 34.6 Å². The van der Waals surface area contributed by atoms with E-state index in [0.29, 0.717) is 38.0 Å². The van der Waals surface area contributed by atoms with Crippen molar-refractivity contribution < 1.29 is 26.0 Å². The Morgan fingerprint density at radius 2 is 1.76 bits per heavy atom. The van der Waals surface area contributed by atoms with Gasteiger partial charge in [0.15, 0.2) is 9.84 Å². The largest absolute Gasteiger partial charge is 0.326 e. The number of para-hydroxylation sites is 1. The van der Waals surface area contributed by atoms with Crippen LogP contribution in [0.3, 0.4) is 0 Å². The van der Waals surface area contributed by atoms with Gasteiger partial charge in [-0.3, -0.25) is 14.4 Å². The third-order valence-electron chi connectivity index (χ3n) is 6.16. The summed E-state index contributed by atoms with van der Waals surface area (Å²) in [6.07, 6.45) is 1.85. The summed E-state index contributed by atoms with van der Waals surface area (Å²) in [5, 5.41) is 2.78. The van der Waals surface area contributed by atoms with Gasteiger partial charge in [-0.1, -0.05) is 18.2 Å². The Balaban J connectivity index is 1.36. The Labute approximate surface area is 193 Å². The Kier molecular flexibility index (Phi) is 6.73. The van der Waals surface area contributed by atoms with Crippen LogP contribution in [0.25, 0.3) is 0 Å². The van der Waals surface area contributed by atoms with Gasteiger partial charge in [-0.15, -0.1) is 0 Å². The Hall–Kier alpha value is -2.50. The molecule has 2 aliphatic heterocycles. The number of piperidine rings is 1. The first-order valence-corrected chi connectivity index (χ1v) is 14.1. The second-order valence-corrected chi connectivity index (χ2v) is 12.4. The summed E-state index contributed by atoms with van der Waals surface area (Å²) in [6.45, 7) is 1.30. The first kappa shape index (κ1) is 23.7. The molecular formula is C22H26FN3O5S2. The van der Waals surface area contributed by atoms with E-state index in [2.05, 4.69) is 14.9 Å². The number of halogens is 1. The number of likely N-dealkylation sites (tertiary alicyclic amines) is 1. The van der Waals surface area contributed by atoms with E-state index in [-0.39, 0.29) is 40.0 Å². The maximum absolute atomic E-state index is 13.8. The maximum Gasteiger partial charge on any atom is 0.262 e. The molecule has 0 aliphatic carbocycles. The molecule has 0 saturated carbocycles. The predicted octanol–water partition coefficient (Wildman–Crippen LogP) is 2.46. The SMILES string of the molecule is O=C(Nc1cccc(S(=O)(=O)Nc2ccccc2F)c1)C1CCN(C2CCS(=O)(=O)C2)CC1. The highest BCUT2D eigenvalue weighted by Gasteiger charge is 2.35. The van der Waals surface area contributed by atoms with Gasteiger partial charge in [0.25, 0.3) is 10.0 Å². The van der Waals surface area contributed by atoms with Crippen LogP contribution in [-0.4, -0.2) is 58.3 Å². The molecule has 2 saturated heterocycles. The van der Waals surface area contributed by atoms with E-state index in [4.69, 9.17) is 0 Å². The monoisotopic (exact) mass is 495 g/mol. The van der Waals surface area contributed by atoms with Crippen LogP contribution >= 0.6 is 0 Å². The maximum atomic E-state index is 13.8. The standard InChI is InChI=1S/C22H26FN3O5S2/c23-20-6-1-2-7-21(20)25-33(30,31)19-5-3-4-17(14-19)24-22(27)16-8-11-26(12-9-16)18-10-13-32(28,29)15-18/h1-7,14,16,18,25H,8-13,15H2,(H,24,27). The topological polar surface area (TPSA) is 113 Å². The Morgan fingerprint density at radius 1 is 1.03 bits per heavy atom. The first-order valence-electron chi connectivity index (χ1n) is 10.8. The fraction of sp³-hybridized carbons (Fsp3) is 0.409. The van der Waals surface area contributed by atoms with Gasteiger partial charge in [0.2, 0.25) is 5.91 Å². The summed E-state index contributed by atoms with van der Waals surface area (Å²) < 4.78 is 64.8. The van der Waals surface area contributed by atoms with Gasteiger partial charge in [-0.2, -0.15) is 0 Å². The van der Waals surface area contributed by atoms with Crippen molar-refractivity contribution in [3.8, 4) is 0 Å². The number of benzene rings is 2. The molecule has 2 N–H and O–H groups in total. The van der Waals surface area contributed by atoms with Crippen molar-refractivity contribution in [3.63, 3.8) is 0 Å². The zero-order valence-corrected chi connectivity index (χ0v) is 19.5. The van der Waals surface area contributed by atoms with Gasteiger partial charge < -0.3 is 5.32 Å². The lowest BCUT2D eigenvalue weighted by Gasteiger charge is -2.34. The molecule has 0 spiro atoms. The summed E-state index contributed by atoms with van der Waals surface area (Å²) in [5.74, 6) is -0.719. The van der Waals surface area contributed by atoms with Gasteiger partial charge in [-0.25, -0.2) is 21.2 Å². The van der Waals surface area contributed by atoms with Gasteiger partial charge in [0, 0.05) is 17.6 Å². The number of rotatable bonds is 6. The number of carbonyl (C=O) groups is 1. The minimum absolute atomic E-state index is 0.0304. The molecule has 4 rings (SSSR count).